The maximum Gasteiger partial charge on any atom is 0.499 e. The van der Waals surface area contributed by atoms with Gasteiger partial charge in [0.25, 0.3) is 0 Å². The van der Waals surface area contributed by atoms with Gasteiger partial charge in [0, 0.05) is 23.7 Å². The van der Waals surface area contributed by atoms with E-state index >= 15 is 0 Å². The number of Topliss-reactive ketones (excluding diaryl/α,β-unsaturated/α-hetero) is 1. The summed E-state index contributed by atoms with van der Waals surface area (Å²) in [5.41, 5.74) is -0.0685. The molecule has 0 spiro atoms. The van der Waals surface area contributed by atoms with E-state index in [0.29, 0.717) is 4.78 Å². The lowest BCUT2D eigenvalue weighted by molar-refractivity contribution is -0.130. The Labute approximate surface area is 129 Å². The van der Waals surface area contributed by atoms with Crippen molar-refractivity contribution >= 4 is 29.0 Å². The molecule has 2 aliphatic carbocycles. The normalized spacial score (nSPS) is 37.2. The Morgan fingerprint density at radius 3 is 2.67 bits per heavy atom. The molecule has 2 saturated carbocycles. The number of thiophene rings is 1. The minimum Gasteiger partial charge on any atom is -0.423 e. The van der Waals surface area contributed by atoms with Crippen LogP contribution in [0.4, 0.5) is 0 Å². The Balaban J connectivity index is 2.17. The van der Waals surface area contributed by atoms with Gasteiger partial charge in [-0.05, 0) is 28.8 Å². The van der Waals surface area contributed by atoms with Gasteiger partial charge in [-0.25, -0.2) is 0 Å². The molecule has 1 aromatic rings. The molecule has 0 amide bonds. The molecular weight excluding hydrogens is 287 g/mol. The Morgan fingerprint density at radius 1 is 1.43 bits per heavy atom. The summed E-state index contributed by atoms with van der Waals surface area (Å²) < 4.78 is 6.14. The third kappa shape index (κ3) is 1.70. The third-order valence-electron chi connectivity index (χ3n) is 5.63. The van der Waals surface area contributed by atoms with Gasteiger partial charge in [-0.1, -0.05) is 20.8 Å². The second-order valence-electron chi connectivity index (χ2n) is 6.85. The minimum absolute atomic E-state index is 0.0382. The Kier molecular flexibility index (Phi) is 3.37. The van der Waals surface area contributed by atoms with Gasteiger partial charge in [-0.3, -0.25) is 4.79 Å². The summed E-state index contributed by atoms with van der Waals surface area (Å²) >= 11 is 1.30. The van der Waals surface area contributed by atoms with E-state index < -0.39 is 12.5 Å². The lowest BCUT2D eigenvalue weighted by atomic mass is 9.70. The fraction of sp³-hybridized carbons (Fsp3) is 0.667. The van der Waals surface area contributed by atoms with Gasteiger partial charge >= 0.3 is 7.12 Å². The zero-order chi connectivity index (χ0) is 15.6. The van der Waals surface area contributed by atoms with E-state index in [1.165, 1.54) is 11.3 Å². The van der Waals surface area contributed by atoms with Gasteiger partial charge in [-0.2, -0.15) is 11.3 Å². The van der Waals surface area contributed by atoms with E-state index in [-0.39, 0.29) is 29.1 Å². The Bertz CT molecular complexity index is 582. The molecule has 1 aromatic heterocycles. The first kappa shape index (κ1) is 15.2. The van der Waals surface area contributed by atoms with Gasteiger partial charge in [-0.15, -0.1) is 0 Å². The summed E-state index contributed by atoms with van der Waals surface area (Å²) in [7, 11) is 0.166. The molecule has 4 nitrogen and oxygen atoms in total. The van der Waals surface area contributed by atoms with Crippen LogP contribution in [0.15, 0.2) is 11.4 Å². The molecule has 2 aliphatic rings. The minimum atomic E-state index is -1.53. The van der Waals surface area contributed by atoms with Crippen LogP contribution >= 0.6 is 11.3 Å². The highest BCUT2D eigenvalue weighted by Crippen LogP contribution is 2.74. The maximum absolute atomic E-state index is 13.0. The summed E-state index contributed by atoms with van der Waals surface area (Å²) in [6, 6.07) is 1.88. The molecule has 4 unspecified atom stereocenters. The van der Waals surface area contributed by atoms with Gasteiger partial charge in [0.2, 0.25) is 0 Å². The molecule has 4 atom stereocenters. The van der Waals surface area contributed by atoms with Crippen LogP contribution in [0.5, 0.6) is 0 Å². The van der Waals surface area contributed by atoms with E-state index in [1.807, 2.05) is 18.4 Å². The van der Waals surface area contributed by atoms with Crippen LogP contribution in [0.1, 0.15) is 32.8 Å². The predicted molar refractivity (Wildman–Crippen MR) is 82.7 cm³/mol. The van der Waals surface area contributed by atoms with Crippen LogP contribution in [-0.2, 0) is 14.9 Å². The average molecular weight is 308 g/mol. The van der Waals surface area contributed by atoms with Gasteiger partial charge in [0.1, 0.15) is 5.78 Å². The van der Waals surface area contributed by atoms with E-state index in [1.54, 1.807) is 7.11 Å². The second kappa shape index (κ2) is 4.65. The van der Waals surface area contributed by atoms with Crippen molar-refractivity contribution in [2.24, 2.45) is 17.3 Å². The van der Waals surface area contributed by atoms with Crippen molar-refractivity contribution < 1.29 is 19.6 Å². The first-order chi connectivity index (χ1) is 9.80. The molecule has 1 heterocycles. The van der Waals surface area contributed by atoms with Crippen LogP contribution in [-0.4, -0.2) is 36.2 Å². The van der Waals surface area contributed by atoms with Crippen LogP contribution < -0.4 is 4.78 Å². The number of ether oxygens (including phenoxy) is 1. The van der Waals surface area contributed by atoms with Crippen molar-refractivity contribution in [2.45, 2.75) is 38.7 Å². The fourth-order valence-electron chi connectivity index (χ4n) is 4.72. The predicted octanol–water partition coefficient (Wildman–Crippen LogP) is 0.946. The molecule has 0 saturated heterocycles. The number of carbonyl (C=O) groups is 1. The standard InChI is InChI=1S/C15H21BO4S/c1-8-7-10(20-4)11-14(2,3)15(11,12(8)17)9-5-6-21-13(9)16(18)19/h5-6,8,10-11,18-19H,7H2,1-4H3. The van der Waals surface area contributed by atoms with Crippen molar-refractivity contribution in [1.82, 2.24) is 0 Å². The molecule has 0 aromatic carbocycles. The lowest BCUT2D eigenvalue weighted by Crippen LogP contribution is -2.44. The van der Waals surface area contributed by atoms with Gasteiger partial charge in [0.05, 0.1) is 11.5 Å². The fourth-order valence-corrected chi connectivity index (χ4v) is 5.55. The number of carbonyl (C=O) groups excluding carboxylic acids is 1. The first-order valence-corrected chi connectivity index (χ1v) is 8.19. The third-order valence-corrected chi connectivity index (χ3v) is 6.59. The number of ketones is 1. The molecule has 0 aliphatic heterocycles. The average Bonchev–Trinajstić information content (AvgIpc) is 2.79. The van der Waals surface area contributed by atoms with Gasteiger partial charge in [0.15, 0.2) is 0 Å². The molecule has 21 heavy (non-hydrogen) atoms. The molecule has 6 heteroatoms. The summed E-state index contributed by atoms with van der Waals surface area (Å²) in [6.45, 7) is 6.12. The van der Waals surface area contributed by atoms with Crippen molar-refractivity contribution in [3.8, 4) is 0 Å². The largest absolute Gasteiger partial charge is 0.499 e. The monoisotopic (exact) mass is 308 g/mol. The summed E-state index contributed by atoms with van der Waals surface area (Å²) in [6.07, 6.45) is 0.781. The SMILES string of the molecule is COC1CC(C)C(=O)C2(c3ccsc3B(O)O)C1C2(C)C. The lowest BCUT2D eigenvalue weighted by Gasteiger charge is -2.31. The molecular formula is C15H21BO4S. The highest BCUT2D eigenvalue weighted by atomic mass is 32.1. The zero-order valence-electron chi connectivity index (χ0n) is 12.8. The zero-order valence-corrected chi connectivity index (χ0v) is 13.6. The number of hydrogen-bond donors (Lipinski definition) is 2. The van der Waals surface area contributed by atoms with Gasteiger partial charge < -0.3 is 14.8 Å². The van der Waals surface area contributed by atoms with E-state index in [9.17, 15) is 14.8 Å². The molecule has 114 valence electrons. The van der Waals surface area contributed by atoms with Crippen LogP contribution in [0, 0.1) is 17.3 Å². The molecule has 3 rings (SSSR count). The number of fused-ring (bicyclic) bond motifs is 1. The molecule has 0 bridgehead atoms. The summed E-state index contributed by atoms with van der Waals surface area (Å²) in [4.78, 5) is 13.0. The number of rotatable bonds is 3. The number of hydrogen-bond acceptors (Lipinski definition) is 5. The maximum atomic E-state index is 13.0. The van der Waals surface area contributed by atoms with E-state index in [4.69, 9.17) is 4.74 Å². The van der Waals surface area contributed by atoms with E-state index in [0.717, 1.165) is 12.0 Å². The Hall–Kier alpha value is -0.685. The topological polar surface area (TPSA) is 66.8 Å². The number of methoxy groups -OCH3 is 1. The van der Waals surface area contributed by atoms with Crippen LogP contribution in [0.25, 0.3) is 0 Å². The quantitative estimate of drug-likeness (QED) is 0.816. The summed E-state index contributed by atoms with van der Waals surface area (Å²) in [5, 5.41) is 21.1. The summed E-state index contributed by atoms with van der Waals surface area (Å²) in [5.74, 6) is 0.244. The Morgan fingerprint density at radius 2 is 2.10 bits per heavy atom. The van der Waals surface area contributed by atoms with E-state index in [2.05, 4.69) is 13.8 Å². The van der Waals surface area contributed by atoms with Crippen molar-refractivity contribution in [3.05, 3.63) is 17.0 Å². The highest BCUT2D eigenvalue weighted by Gasteiger charge is 2.80. The van der Waals surface area contributed by atoms with Crippen molar-refractivity contribution in [3.63, 3.8) is 0 Å². The molecule has 2 fully saturated rings. The van der Waals surface area contributed by atoms with Crippen LogP contribution in [0.3, 0.4) is 0 Å². The van der Waals surface area contributed by atoms with Crippen LogP contribution in [0.2, 0.25) is 0 Å². The molecule has 2 N–H and O–H groups in total. The highest BCUT2D eigenvalue weighted by molar-refractivity contribution is 7.20. The smallest absolute Gasteiger partial charge is 0.423 e. The van der Waals surface area contributed by atoms with Crippen molar-refractivity contribution in [2.75, 3.05) is 7.11 Å². The first-order valence-electron chi connectivity index (χ1n) is 7.31. The molecule has 0 radical (unpaired) electrons. The van der Waals surface area contributed by atoms with Crippen molar-refractivity contribution in [1.29, 1.82) is 0 Å². The second-order valence-corrected chi connectivity index (χ2v) is 7.80.